The van der Waals surface area contributed by atoms with Crippen LogP contribution in [0.15, 0.2) is 42.5 Å². The second-order valence-electron chi connectivity index (χ2n) is 7.23. The van der Waals surface area contributed by atoms with Crippen LogP contribution in [0.2, 0.25) is 0 Å². The summed E-state index contributed by atoms with van der Waals surface area (Å²) in [7, 11) is 1.58. The normalized spacial score (nSPS) is 14.6. The lowest BCUT2D eigenvalue weighted by Crippen LogP contribution is -2.51. The molecule has 0 aromatic heterocycles. The highest BCUT2D eigenvalue weighted by Crippen LogP contribution is 2.29. The summed E-state index contributed by atoms with van der Waals surface area (Å²) in [6.07, 6.45) is -4.20. The van der Waals surface area contributed by atoms with E-state index >= 15 is 0 Å². The first-order valence-electron chi connectivity index (χ1n) is 9.57. The predicted octanol–water partition coefficient (Wildman–Crippen LogP) is 3.55. The maximum atomic E-state index is 12.7. The van der Waals surface area contributed by atoms with E-state index in [9.17, 15) is 22.8 Å². The van der Waals surface area contributed by atoms with E-state index in [4.69, 9.17) is 4.74 Å². The number of methoxy groups -OCH3 is 1. The van der Waals surface area contributed by atoms with E-state index < -0.39 is 11.7 Å². The van der Waals surface area contributed by atoms with Crippen LogP contribution in [0.1, 0.15) is 27.0 Å². The molecule has 0 aliphatic carbocycles. The molecule has 1 saturated heterocycles. The maximum absolute atomic E-state index is 12.7. The molecular weight excluding hydrogens is 397 g/mol. The molecule has 3 rings (SSSR count). The number of carbonyl (C=O) groups is 2. The highest BCUT2D eigenvalue weighted by atomic mass is 19.4. The fourth-order valence-electron chi connectivity index (χ4n) is 3.40. The molecule has 2 aromatic carbocycles. The molecule has 1 aliphatic heterocycles. The number of nitrogens with zero attached hydrogens (tertiary/aromatic N) is 2. The second-order valence-corrected chi connectivity index (χ2v) is 7.23. The van der Waals surface area contributed by atoms with Gasteiger partial charge in [-0.2, -0.15) is 13.2 Å². The zero-order valence-corrected chi connectivity index (χ0v) is 16.8. The molecule has 5 nitrogen and oxygen atoms in total. The highest BCUT2D eigenvalue weighted by Gasteiger charge is 2.31. The van der Waals surface area contributed by atoms with Crippen molar-refractivity contribution in [3.63, 3.8) is 0 Å². The Morgan fingerprint density at radius 1 is 0.967 bits per heavy atom. The number of aryl methyl sites for hydroxylation is 1. The Kier molecular flexibility index (Phi) is 6.34. The lowest BCUT2D eigenvalue weighted by Gasteiger charge is -2.35. The van der Waals surface area contributed by atoms with Gasteiger partial charge in [0.15, 0.2) is 0 Å². The lowest BCUT2D eigenvalue weighted by atomic mass is 10.1. The number of piperazine rings is 1. The van der Waals surface area contributed by atoms with Gasteiger partial charge < -0.3 is 14.5 Å². The quantitative estimate of drug-likeness (QED) is 0.760. The van der Waals surface area contributed by atoms with Crippen LogP contribution in [0.25, 0.3) is 0 Å². The van der Waals surface area contributed by atoms with Crippen LogP contribution in [-0.4, -0.2) is 54.9 Å². The number of hydrogen-bond donors (Lipinski definition) is 0. The molecule has 2 aromatic rings. The predicted molar refractivity (Wildman–Crippen MR) is 105 cm³/mol. The molecule has 1 heterocycles. The van der Waals surface area contributed by atoms with Crippen LogP contribution < -0.4 is 4.74 Å². The van der Waals surface area contributed by atoms with Gasteiger partial charge in [-0.05, 0) is 48.4 Å². The van der Waals surface area contributed by atoms with Crippen molar-refractivity contribution in [3.05, 3.63) is 64.7 Å². The molecule has 1 fully saturated rings. The van der Waals surface area contributed by atoms with E-state index in [1.165, 1.54) is 12.1 Å². The fourth-order valence-corrected chi connectivity index (χ4v) is 3.40. The summed E-state index contributed by atoms with van der Waals surface area (Å²) in [4.78, 5) is 28.4. The molecule has 30 heavy (non-hydrogen) atoms. The minimum atomic E-state index is -4.44. The number of amides is 2. The Hall–Kier alpha value is -3.03. The van der Waals surface area contributed by atoms with E-state index in [0.29, 0.717) is 26.2 Å². The van der Waals surface area contributed by atoms with Crippen molar-refractivity contribution < 1.29 is 27.5 Å². The monoisotopic (exact) mass is 420 g/mol. The number of carbonyl (C=O) groups excluding carboxylic acids is 2. The SMILES string of the molecule is COc1cc(CC(=O)N2CCN(C(=O)c3ccc(C(F)(F)F)cc3)CC2)ccc1C. The number of benzene rings is 2. The zero-order valence-electron chi connectivity index (χ0n) is 16.8. The van der Waals surface area contributed by atoms with Gasteiger partial charge in [-0.15, -0.1) is 0 Å². The van der Waals surface area contributed by atoms with Gasteiger partial charge >= 0.3 is 6.18 Å². The van der Waals surface area contributed by atoms with Crippen LogP contribution in [0.4, 0.5) is 13.2 Å². The van der Waals surface area contributed by atoms with E-state index in [-0.39, 0.29) is 23.8 Å². The van der Waals surface area contributed by atoms with Crippen molar-refractivity contribution in [1.29, 1.82) is 0 Å². The minimum absolute atomic E-state index is 0.0393. The van der Waals surface area contributed by atoms with Crippen LogP contribution in [0.3, 0.4) is 0 Å². The smallest absolute Gasteiger partial charge is 0.416 e. The summed E-state index contributed by atoms with van der Waals surface area (Å²) < 4.78 is 43.3. The molecule has 0 saturated carbocycles. The van der Waals surface area contributed by atoms with Crippen LogP contribution in [0, 0.1) is 6.92 Å². The highest BCUT2D eigenvalue weighted by molar-refractivity contribution is 5.94. The first kappa shape index (κ1) is 21.7. The van der Waals surface area contributed by atoms with Gasteiger partial charge in [-0.25, -0.2) is 0 Å². The summed E-state index contributed by atoms with van der Waals surface area (Å²) >= 11 is 0. The van der Waals surface area contributed by atoms with E-state index in [2.05, 4.69) is 0 Å². The molecule has 2 amide bonds. The summed E-state index contributed by atoms with van der Waals surface area (Å²) in [5.74, 6) is 0.355. The average molecular weight is 420 g/mol. The number of ether oxygens (including phenoxy) is 1. The molecule has 0 unspecified atom stereocenters. The zero-order chi connectivity index (χ0) is 21.9. The summed E-state index contributed by atoms with van der Waals surface area (Å²) in [5, 5.41) is 0. The molecule has 0 N–H and O–H groups in total. The molecule has 1 aliphatic rings. The summed E-state index contributed by atoms with van der Waals surface area (Å²) in [6, 6.07) is 9.83. The number of hydrogen-bond acceptors (Lipinski definition) is 3. The van der Waals surface area contributed by atoms with Crippen molar-refractivity contribution in [1.82, 2.24) is 9.80 Å². The Labute approximate surface area is 173 Å². The molecule has 160 valence electrons. The molecule has 0 atom stereocenters. The third kappa shape index (κ3) is 4.93. The van der Waals surface area contributed by atoms with Crippen molar-refractivity contribution >= 4 is 11.8 Å². The summed E-state index contributed by atoms with van der Waals surface area (Å²) in [6.45, 7) is 3.37. The number of rotatable bonds is 4. The fraction of sp³-hybridized carbons (Fsp3) is 0.364. The largest absolute Gasteiger partial charge is 0.496 e. The lowest BCUT2D eigenvalue weighted by molar-refractivity contribution is -0.137. The van der Waals surface area contributed by atoms with E-state index in [1.54, 1.807) is 16.9 Å². The molecule has 0 spiro atoms. The van der Waals surface area contributed by atoms with Crippen LogP contribution >= 0.6 is 0 Å². The first-order chi connectivity index (χ1) is 14.2. The van der Waals surface area contributed by atoms with E-state index in [1.807, 2.05) is 25.1 Å². The standard InChI is InChI=1S/C22H23F3N2O3/c1-15-3-4-16(13-19(15)30-2)14-20(28)26-9-11-27(12-10-26)21(29)17-5-7-18(8-6-17)22(23,24)25/h3-8,13H,9-12,14H2,1-2H3. The molecule has 0 radical (unpaired) electrons. The average Bonchev–Trinajstić information content (AvgIpc) is 2.74. The van der Waals surface area contributed by atoms with Crippen molar-refractivity contribution in [2.24, 2.45) is 0 Å². The third-order valence-electron chi connectivity index (χ3n) is 5.21. The Morgan fingerprint density at radius 3 is 2.13 bits per heavy atom. The Bertz CT molecular complexity index is 918. The van der Waals surface area contributed by atoms with Crippen molar-refractivity contribution in [2.75, 3.05) is 33.3 Å². The molecule has 0 bridgehead atoms. The maximum Gasteiger partial charge on any atom is 0.416 e. The van der Waals surface area contributed by atoms with Gasteiger partial charge in [0.25, 0.3) is 5.91 Å². The van der Waals surface area contributed by atoms with Gasteiger partial charge in [-0.3, -0.25) is 9.59 Å². The third-order valence-corrected chi connectivity index (χ3v) is 5.21. The minimum Gasteiger partial charge on any atom is -0.496 e. The van der Waals surface area contributed by atoms with Crippen molar-refractivity contribution in [3.8, 4) is 5.75 Å². The Morgan fingerprint density at radius 2 is 1.57 bits per heavy atom. The Balaban J connectivity index is 1.56. The van der Waals surface area contributed by atoms with Gasteiger partial charge in [0.1, 0.15) is 5.75 Å². The number of alkyl halides is 3. The topological polar surface area (TPSA) is 49.9 Å². The number of halogens is 3. The summed E-state index contributed by atoms with van der Waals surface area (Å²) in [5.41, 5.74) is 1.26. The van der Waals surface area contributed by atoms with Gasteiger partial charge in [0.05, 0.1) is 19.1 Å². The second kappa shape index (κ2) is 8.77. The van der Waals surface area contributed by atoms with Crippen molar-refractivity contribution in [2.45, 2.75) is 19.5 Å². The van der Waals surface area contributed by atoms with Gasteiger partial charge in [-0.1, -0.05) is 12.1 Å². The molecular formula is C22H23F3N2O3. The van der Waals surface area contributed by atoms with Crippen LogP contribution in [0.5, 0.6) is 5.75 Å². The van der Waals surface area contributed by atoms with Gasteiger partial charge in [0.2, 0.25) is 5.91 Å². The van der Waals surface area contributed by atoms with Crippen LogP contribution in [-0.2, 0) is 17.4 Å². The van der Waals surface area contributed by atoms with Gasteiger partial charge in [0, 0.05) is 31.7 Å². The molecule has 8 heteroatoms. The van der Waals surface area contributed by atoms with E-state index in [0.717, 1.165) is 29.0 Å². The first-order valence-corrected chi connectivity index (χ1v) is 9.57.